The molecule has 15 heavy (non-hydrogen) atoms. The van der Waals surface area contributed by atoms with Crippen molar-refractivity contribution in [2.24, 2.45) is 0 Å². The van der Waals surface area contributed by atoms with Crippen LogP contribution in [-0.2, 0) is 4.18 Å². The minimum absolute atomic E-state index is 0.800. The van der Waals surface area contributed by atoms with Crippen molar-refractivity contribution in [1.82, 2.24) is 0 Å². The molecule has 84 valence electrons. The van der Waals surface area contributed by atoms with Gasteiger partial charge in [0.2, 0.25) is 0 Å². The largest absolute Gasteiger partial charge is 0.315 e. The van der Waals surface area contributed by atoms with E-state index in [-0.39, 0.29) is 0 Å². The molecule has 0 aliphatic carbocycles. The molecule has 0 aromatic heterocycles. The molecule has 1 rings (SSSR count). The lowest BCUT2D eigenvalue weighted by atomic mass is 10.2. The van der Waals surface area contributed by atoms with Gasteiger partial charge in [0.05, 0.1) is 6.61 Å². The molecule has 0 saturated carbocycles. The maximum Gasteiger partial charge on any atom is 0.0707 e. The van der Waals surface area contributed by atoms with E-state index < -0.39 is 0 Å². The molecule has 0 radical (unpaired) electrons. The van der Waals surface area contributed by atoms with Crippen LogP contribution in [0.5, 0.6) is 0 Å². The molecule has 0 fully saturated rings. The van der Waals surface area contributed by atoms with E-state index in [1.165, 1.54) is 27.4 Å². The number of hydrogen-bond acceptors (Lipinski definition) is 4. The molecular formula is C11H16OS3. The molecule has 0 saturated heterocycles. The van der Waals surface area contributed by atoms with Gasteiger partial charge < -0.3 is 4.18 Å². The summed E-state index contributed by atoms with van der Waals surface area (Å²) < 4.78 is 5.23. The number of aryl methyl sites for hydroxylation is 1. The topological polar surface area (TPSA) is 9.23 Å². The fourth-order valence-corrected chi connectivity index (χ4v) is 3.00. The van der Waals surface area contributed by atoms with Crippen molar-refractivity contribution in [3.05, 3.63) is 23.8 Å². The average Bonchev–Trinajstić information content (AvgIpc) is 2.26. The van der Waals surface area contributed by atoms with Gasteiger partial charge >= 0.3 is 0 Å². The summed E-state index contributed by atoms with van der Waals surface area (Å²) in [6.07, 6.45) is 4.07. The van der Waals surface area contributed by atoms with E-state index in [9.17, 15) is 0 Å². The third kappa shape index (κ3) is 4.72. The van der Waals surface area contributed by atoms with Gasteiger partial charge in [-0.3, -0.25) is 0 Å². The zero-order chi connectivity index (χ0) is 11.1. The molecule has 1 aromatic carbocycles. The molecule has 0 bridgehead atoms. The van der Waals surface area contributed by atoms with Crippen molar-refractivity contribution in [3.63, 3.8) is 0 Å². The second kappa shape index (κ2) is 7.49. The fourth-order valence-electron chi connectivity index (χ4n) is 1.17. The minimum atomic E-state index is 0.800. The van der Waals surface area contributed by atoms with Crippen molar-refractivity contribution in [2.75, 3.05) is 24.9 Å². The van der Waals surface area contributed by atoms with Crippen LogP contribution >= 0.6 is 35.6 Å². The Morgan fingerprint density at radius 2 is 2.07 bits per heavy atom. The Morgan fingerprint density at radius 1 is 1.27 bits per heavy atom. The number of benzene rings is 1. The van der Waals surface area contributed by atoms with Crippen LogP contribution in [0.2, 0.25) is 0 Å². The van der Waals surface area contributed by atoms with Crippen LogP contribution in [0.25, 0.3) is 0 Å². The van der Waals surface area contributed by atoms with Crippen LogP contribution in [-0.4, -0.2) is 24.9 Å². The zero-order valence-electron chi connectivity index (χ0n) is 9.28. The van der Waals surface area contributed by atoms with Gasteiger partial charge in [0, 0.05) is 21.8 Å². The summed E-state index contributed by atoms with van der Waals surface area (Å²) in [5.74, 6) is 1.01. The Hall–Kier alpha value is 0.230. The third-order valence-corrected chi connectivity index (χ3v) is 4.17. The summed E-state index contributed by atoms with van der Waals surface area (Å²) in [7, 11) is 0. The molecular weight excluding hydrogens is 244 g/mol. The van der Waals surface area contributed by atoms with E-state index in [4.69, 9.17) is 4.18 Å². The lowest BCUT2D eigenvalue weighted by Crippen LogP contribution is -1.90. The van der Waals surface area contributed by atoms with Crippen LogP contribution in [0.4, 0.5) is 0 Å². The van der Waals surface area contributed by atoms with Crippen molar-refractivity contribution >= 4 is 35.6 Å². The normalized spacial score (nSPS) is 10.6. The quantitative estimate of drug-likeness (QED) is 0.432. The monoisotopic (exact) mass is 260 g/mol. The molecule has 0 spiro atoms. The molecule has 0 heterocycles. The molecule has 0 aliphatic heterocycles. The van der Waals surface area contributed by atoms with Crippen LogP contribution in [0.1, 0.15) is 5.56 Å². The predicted octanol–water partition coefficient (Wildman–Crippen LogP) is 4.10. The van der Waals surface area contributed by atoms with Gasteiger partial charge in [-0.1, -0.05) is 6.07 Å². The van der Waals surface area contributed by atoms with Crippen molar-refractivity contribution < 1.29 is 4.18 Å². The first kappa shape index (κ1) is 13.3. The fraction of sp³-hybridized carbons (Fsp3) is 0.455. The van der Waals surface area contributed by atoms with Crippen LogP contribution in [0.15, 0.2) is 28.0 Å². The van der Waals surface area contributed by atoms with E-state index in [0.717, 1.165) is 12.4 Å². The lowest BCUT2D eigenvalue weighted by Gasteiger charge is -2.06. The van der Waals surface area contributed by atoms with Gasteiger partial charge in [-0.2, -0.15) is 0 Å². The SMILES string of the molecule is CSOCCSc1ccc(C)c(SC)c1. The van der Waals surface area contributed by atoms with Gasteiger partial charge in [0.1, 0.15) is 0 Å². The number of rotatable bonds is 6. The molecule has 1 nitrogen and oxygen atoms in total. The Labute approximate surface area is 105 Å². The summed E-state index contributed by atoms with van der Waals surface area (Å²) >= 11 is 5.08. The first-order valence-corrected chi connectivity index (χ1v) is 8.07. The van der Waals surface area contributed by atoms with Gasteiger partial charge in [0.25, 0.3) is 0 Å². The lowest BCUT2D eigenvalue weighted by molar-refractivity contribution is 0.408. The maximum atomic E-state index is 5.23. The van der Waals surface area contributed by atoms with Gasteiger partial charge in [-0.25, -0.2) is 0 Å². The number of thioether (sulfide) groups is 2. The van der Waals surface area contributed by atoms with E-state index in [1.807, 2.05) is 18.0 Å². The second-order valence-corrected chi connectivity index (χ2v) is 5.55. The molecule has 0 aliphatic rings. The second-order valence-electron chi connectivity index (χ2n) is 2.97. The van der Waals surface area contributed by atoms with E-state index in [2.05, 4.69) is 31.4 Å². The Balaban J connectivity index is 2.47. The van der Waals surface area contributed by atoms with Crippen molar-refractivity contribution in [3.8, 4) is 0 Å². The predicted molar refractivity (Wildman–Crippen MR) is 73.2 cm³/mol. The van der Waals surface area contributed by atoms with Crippen LogP contribution in [0, 0.1) is 6.92 Å². The molecule has 1 aromatic rings. The average molecular weight is 260 g/mol. The Kier molecular flexibility index (Phi) is 6.64. The highest BCUT2D eigenvalue weighted by atomic mass is 32.2. The van der Waals surface area contributed by atoms with Crippen molar-refractivity contribution in [1.29, 1.82) is 0 Å². The molecule has 0 amide bonds. The zero-order valence-corrected chi connectivity index (χ0v) is 11.7. The molecule has 0 unspecified atom stereocenters. The summed E-state index contributed by atoms with van der Waals surface area (Å²) in [4.78, 5) is 2.69. The van der Waals surface area contributed by atoms with Gasteiger partial charge in [-0.05, 0) is 42.9 Å². The highest BCUT2D eigenvalue weighted by Crippen LogP contribution is 2.26. The standard InChI is InChI=1S/C11H16OS3/c1-9-4-5-10(8-11(9)13-2)15-7-6-12-14-3/h4-5,8H,6-7H2,1-3H3. The highest BCUT2D eigenvalue weighted by Gasteiger charge is 1.99. The van der Waals surface area contributed by atoms with Crippen molar-refractivity contribution in [2.45, 2.75) is 16.7 Å². The minimum Gasteiger partial charge on any atom is -0.315 e. The van der Waals surface area contributed by atoms with E-state index in [0.29, 0.717) is 0 Å². The van der Waals surface area contributed by atoms with E-state index in [1.54, 1.807) is 11.8 Å². The summed E-state index contributed by atoms with van der Waals surface area (Å²) in [6.45, 7) is 2.95. The van der Waals surface area contributed by atoms with Gasteiger partial charge in [-0.15, -0.1) is 23.5 Å². The van der Waals surface area contributed by atoms with Gasteiger partial charge in [0.15, 0.2) is 0 Å². The first-order chi connectivity index (χ1) is 7.27. The molecule has 4 heteroatoms. The Morgan fingerprint density at radius 3 is 2.73 bits per heavy atom. The smallest absolute Gasteiger partial charge is 0.0707 e. The van der Waals surface area contributed by atoms with Crippen LogP contribution < -0.4 is 0 Å². The molecule has 0 atom stereocenters. The maximum absolute atomic E-state index is 5.23. The first-order valence-electron chi connectivity index (χ1n) is 4.71. The summed E-state index contributed by atoms with van der Waals surface area (Å²) in [6, 6.07) is 6.62. The Bertz CT molecular complexity index is 302. The molecule has 0 N–H and O–H groups in total. The number of hydrogen-bond donors (Lipinski definition) is 0. The summed E-state index contributed by atoms with van der Waals surface area (Å²) in [5.41, 5.74) is 1.35. The third-order valence-electron chi connectivity index (χ3n) is 1.93. The van der Waals surface area contributed by atoms with E-state index >= 15 is 0 Å². The highest BCUT2D eigenvalue weighted by molar-refractivity contribution is 7.99. The summed E-state index contributed by atoms with van der Waals surface area (Å²) in [5, 5.41) is 0. The van der Waals surface area contributed by atoms with Crippen LogP contribution in [0.3, 0.4) is 0 Å².